The molecule has 98 valence electrons. The first-order valence-corrected chi connectivity index (χ1v) is 7.26. The Morgan fingerprint density at radius 3 is 2.61 bits per heavy atom. The molecular formula is C15H20BrNO. The Hall–Kier alpha value is -0.830. The Morgan fingerprint density at radius 1 is 1.44 bits per heavy atom. The standard InChI is InChI=1S/C15H20BrNO/c1-11(2)10-17(3)14(18)15(7-8-15)12-5-4-6-13(16)9-12/h4-6,9,11H,7-8,10H2,1-3H3. The van der Waals surface area contributed by atoms with E-state index >= 15 is 0 Å². The first kappa shape index (κ1) is 13.6. The van der Waals surface area contributed by atoms with Crippen LogP contribution in [0.4, 0.5) is 0 Å². The van der Waals surface area contributed by atoms with Crippen LogP contribution in [0.1, 0.15) is 32.3 Å². The van der Waals surface area contributed by atoms with Gasteiger partial charge in [-0.25, -0.2) is 0 Å². The van der Waals surface area contributed by atoms with E-state index < -0.39 is 0 Å². The van der Waals surface area contributed by atoms with Gasteiger partial charge in [0.15, 0.2) is 0 Å². The Morgan fingerprint density at radius 2 is 2.11 bits per heavy atom. The van der Waals surface area contributed by atoms with E-state index in [4.69, 9.17) is 0 Å². The highest BCUT2D eigenvalue weighted by Gasteiger charge is 2.52. The van der Waals surface area contributed by atoms with Crippen LogP contribution in [0.2, 0.25) is 0 Å². The lowest BCUT2D eigenvalue weighted by Crippen LogP contribution is -2.38. The zero-order valence-electron chi connectivity index (χ0n) is 11.2. The molecule has 18 heavy (non-hydrogen) atoms. The summed E-state index contributed by atoms with van der Waals surface area (Å²) in [6.45, 7) is 5.11. The van der Waals surface area contributed by atoms with Gasteiger partial charge in [0.05, 0.1) is 5.41 Å². The van der Waals surface area contributed by atoms with Gasteiger partial charge in [-0.3, -0.25) is 4.79 Å². The lowest BCUT2D eigenvalue weighted by atomic mass is 9.94. The van der Waals surface area contributed by atoms with Crippen LogP contribution in [0.3, 0.4) is 0 Å². The molecule has 1 fully saturated rings. The predicted molar refractivity (Wildman–Crippen MR) is 77.5 cm³/mol. The summed E-state index contributed by atoms with van der Waals surface area (Å²) in [6, 6.07) is 8.16. The summed E-state index contributed by atoms with van der Waals surface area (Å²) in [5, 5.41) is 0. The van der Waals surface area contributed by atoms with E-state index in [0.717, 1.165) is 29.4 Å². The van der Waals surface area contributed by atoms with Gasteiger partial charge in [-0.15, -0.1) is 0 Å². The Labute approximate surface area is 117 Å². The molecule has 2 rings (SSSR count). The second kappa shape index (κ2) is 5.04. The molecule has 0 unspecified atom stereocenters. The van der Waals surface area contributed by atoms with Crippen LogP contribution < -0.4 is 0 Å². The van der Waals surface area contributed by atoms with Crippen molar-refractivity contribution < 1.29 is 4.79 Å². The lowest BCUT2D eigenvalue weighted by Gasteiger charge is -2.25. The highest BCUT2D eigenvalue weighted by atomic mass is 79.9. The highest BCUT2D eigenvalue weighted by molar-refractivity contribution is 9.10. The third-order valence-electron chi connectivity index (χ3n) is 3.52. The number of rotatable bonds is 4. The van der Waals surface area contributed by atoms with Crippen molar-refractivity contribution >= 4 is 21.8 Å². The number of carbonyl (C=O) groups is 1. The van der Waals surface area contributed by atoms with Gasteiger partial charge in [0.1, 0.15) is 0 Å². The fraction of sp³-hybridized carbons (Fsp3) is 0.533. The molecule has 0 atom stereocenters. The fourth-order valence-corrected chi connectivity index (χ4v) is 2.93. The van der Waals surface area contributed by atoms with E-state index in [1.54, 1.807) is 0 Å². The van der Waals surface area contributed by atoms with Crippen molar-refractivity contribution in [2.75, 3.05) is 13.6 Å². The molecule has 2 nitrogen and oxygen atoms in total. The molecule has 1 saturated carbocycles. The summed E-state index contributed by atoms with van der Waals surface area (Å²) in [4.78, 5) is 14.5. The van der Waals surface area contributed by atoms with Gasteiger partial charge in [0, 0.05) is 18.1 Å². The first-order valence-electron chi connectivity index (χ1n) is 6.47. The second-order valence-electron chi connectivity index (χ2n) is 5.67. The maximum absolute atomic E-state index is 12.6. The minimum absolute atomic E-state index is 0.243. The maximum atomic E-state index is 12.6. The molecule has 1 amide bonds. The van der Waals surface area contributed by atoms with Gasteiger partial charge in [-0.05, 0) is 36.5 Å². The largest absolute Gasteiger partial charge is 0.345 e. The first-order chi connectivity index (χ1) is 8.45. The Kier molecular flexibility index (Phi) is 3.81. The summed E-state index contributed by atoms with van der Waals surface area (Å²) in [7, 11) is 1.92. The number of hydrogen-bond donors (Lipinski definition) is 0. The normalized spacial score (nSPS) is 16.7. The number of carbonyl (C=O) groups excluding carboxylic acids is 1. The number of halogens is 1. The van der Waals surface area contributed by atoms with Crippen LogP contribution in [0.15, 0.2) is 28.7 Å². The summed E-state index contributed by atoms with van der Waals surface area (Å²) < 4.78 is 1.05. The molecule has 0 N–H and O–H groups in total. The van der Waals surface area contributed by atoms with Gasteiger partial charge in [0.2, 0.25) is 5.91 Å². The van der Waals surface area contributed by atoms with Gasteiger partial charge in [0.25, 0.3) is 0 Å². The van der Waals surface area contributed by atoms with Crippen LogP contribution in [-0.4, -0.2) is 24.4 Å². The van der Waals surface area contributed by atoms with Crippen LogP contribution in [0, 0.1) is 5.92 Å². The number of nitrogens with zero attached hydrogens (tertiary/aromatic N) is 1. The zero-order valence-corrected chi connectivity index (χ0v) is 12.8. The predicted octanol–water partition coefficient (Wildman–Crippen LogP) is 3.60. The van der Waals surface area contributed by atoms with Crippen molar-refractivity contribution in [2.24, 2.45) is 5.92 Å². The van der Waals surface area contributed by atoms with Gasteiger partial charge in [-0.1, -0.05) is 41.9 Å². The molecule has 0 spiro atoms. The second-order valence-corrected chi connectivity index (χ2v) is 6.59. The summed E-state index contributed by atoms with van der Waals surface area (Å²) in [6.07, 6.45) is 1.95. The molecule has 1 aromatic carbocycles. The summed E-state index contributed by atoms with van der Waals surface area (Å²) in [5.74, 6) is 0.784. The van der Waals surface area contributed by atoms with Gasteiger partial charge >= 0.3 is 0 Å². The van der Waals surface area contributed by atoms with Crippen molar-refractivity contribution in [2.45, 2.75) is 32.1 Å². The molecule has 0 aliphatic heterocycles. The average Bonchev–Trinajstić information content (AvgIpc) is 3.08. The third-order valence-corrected chi connectivity index (χ3v) is 4.02. The van der Waals surface area contributed by atoms with Gasteiger partial charge < -0.3 is 4.90 Å². The van der Waals surface area contributed by atoms with E-state index in [9.17, 15) is 4.79 Å². The van der Waals surface area contributed by atoms with Crippen LogP contribution >= 0.6 is 15.9 Å². The minimum Gasteiger partial charge on any atom is -0.345 e. The van der Waals surface area contributed by atoms with E-state index in [0.29, 0.717) is 5.92 Å². The molecule has 0 saturated heterocycles. The molecule has 1 aliphatic carbocycles. The van der Waals surface area contributed by atoms with Crippen molar-refractivity contribution in [3.8, 4) is 0 Å². The fourth-order valence-electron chi connectivity index (χ4n) is 2.53. The topological polar surface area (TPSA) is 20.3 Å². The number of hydrogen-bond acceptors (Lipinski definition) is 1. The maximum Gasteiger partial charge on any atom is 0.232 e. The van der Waals surface area contributed by atoms with Crippen molar-refractivity contribution in [1.29, 1.82) is 0 Å². The highest BCUT2D eigenvalue weighted by Crippen LogP contribution is 2.49. The zero-order chi connectivity index (χ0) is 13.3. The Balaban J connectivity index is 2.19. The molecule has 1 aromatic rings. The lowest BCUT2D eigenvalue weighted by molar-refractivity contribution is -0.133. The number of amides is 1. The molecule has 1 aliphatic rings. The van der Waals surface area contributed by atoms with E-state index in [1.807, 2.05) is 24.1 Å². The molecule has 0 bridgehead atoms. The quantitative estimate of drug-likeness (QED) is 0.832. The molecule has 0 radical (unpaired) electrons. The van der Waals surface area contributed by atoms with Crippen molar-refractivity contribution in [3.63, 3.8) is 0 Å². The van der Waals surface area contributed by atoms with Gasteiger partial charge in [-0.2, -0.15) is 0 Å². The number of likely N-dealkylation sites (N-methyl/N-ethyl adjacent to an activating group) is 1. The molecule has 0 aromatic heterocycles. The average molecular weight is 310 g/mol. The van der Waals surface area contributed by atoms with E-state index in [-0.39, 0.29) is 11.3 Å². The molecule has 0 heterocycles. The molecule has 3 heteroatoms. The van der Waals surface area contributed by atoms with Crippen molar-refractivity contribution in [3.05, 3.63) is 34.3 Å². The van der Waals surface area contributed by atoms with Crippen LogP contribution in [-0.2, 0) is 10.2 Å². The van der Waals surface area contributed by atoms with Crippen molar-refractivity contribution in [1.82, 2.24) is 4.90 Å². The molecular weight excluding hydrogens is 290 g/mol. The van der Waals surface area contributed by atoms with Crippen LogP contribution in [0.25, 0.3) is 0 Å². The smallest absolute Gasteiger partial charge is 0.232 e. The third kappa shape index (κ3) is 2.61. The van der Waals surface area contributed by atoms with E-state index in [2.05, 4.69) is 41.9 Å². The SMILES string of the molecule is CC(C)CN(C)C(=O)C1(c2cccc(Br)c2)CC1. The number of benzene rings is 1. The van der Waals surface area contributed by atoms with E-state index in [1.165, 1.54) is 0 Å². The minimum atomic E-state index is -0.243. The van der Waals surface area contributed by atoms with Crippen LogP contribution in [0.5, 0.6) is 0 Å². The summed E-state index contributed by atoms with van der Waals surface area (Å²) in [5.41, 5.74) is 0.908. The monoisotopic (exact) mass is 309 g/mol. The Bertz CT molecular complexity index is 452. The summed E-state index contributed by atoms with van der Waals surface area (Å²) >= 11 is 3.48.